The van der Waals surface area contributed by atoms with Crippen LogP contribution < -0.4 is 0 Å². The summed E-state index contributed by atoms with van der Waals surface area (Å²) >= 11 is 0. The van der Waals surface area contributed by atoms with Gasteiger partial charge in [0.15, 0.2) is 0 Å². The van der Waals surface area contributed by atoms with Gasteiger partial charge >= 0.3 is 5.97 Å². The number of esters is 1. The van der Waals surface area contributed by atoms with Crippen molar-refractivity contribution in [1.82, 2.24) is 0 Å². The molecule has 3 nitrogen and oxygen atoms in total. The summed E-state index contributed by atoms with van der Waals surface area (Å²) < 4.78 is 12.8. The maximum Gasteiger partial charge on any atom is 0.341 e. The molecule has 0 unspecified atom stereocenters. The SMILES string of the molecule is CC(C)[C@H]1CC[C@H](C)C[C@H]1O[C@@]1(c2ccccc2)OC(=O)c2ccccc21. The molecular formula is C24H28O3. The minimum absolute atomic E-state index is 0.0629. The highest BCUT2D eigenvalue weighted by Crippen LogP contribution is 2.47. The van der Waals surface area contributed by atoms with Crippen LogP contribution in [0.2, 0.25) is 0 Å². The highest BCUT2D eigenvalue weighted by Gasteiger charge is 2.51. The maximum absolute atomic E-state index is 12.7. The van der Waals surface area contributed by atoms with Crippen LogP contribution in [-0.2, 0) is 15.3 Å². The van der Waals surface area contributed by atoms with Gasteiger partial charge in [0.2, 0.25) is 0 Å². The summed E-state index contributed by atoms with van der Waals surface area (Å²) in [6.45, 7) is 6.82. The molecule has 1 heterocycles. The van der Waals surface area contributed by atoms with Crippen LogP contribution in [0.25, 0.3) is 0 Å². The summed E-state index contributed by atoms with van der Waals surface area (Å²) in [4.78, 5) is 12.7. The monoisotopic (exact) mass is 364 g/mol. The van der Waals surface area contributed by atoms with Crippen molar-refractivity contribution in [2.45, 2.75) is 51.9 Å². The molecule has 2 aromatic rings. The molecule has 2 aromatic carbocycles. The molecule has 1 aliphatic carbocycles. The number of hydrogen-bond acceptors (Lipinski definition) is 3. The number of carbonyl (C=O) groups is 1. The van der Waals surface area contributed by atoms with Gasteiger partial charge in [-0.05, 0) is 36.7 Å². The first kappa shape index (κ1) is 18.2. The normalized spacial score (nSPS) is 30.2. The Kier molecular flexibility index (Phi) is 4.81. The third-order valence-corrected chi connectivity index (χ3v) is 6.17. The quantitative estimate of drug-likeness (QED) is 0.669. The third-order valence-electron chi connectivity index (χ3n) is 6.17. The maximum atomic E-state index is 12.7. The minimum Gasteiger partial charge on any atom is -0.420 e. The Labute approximate surface area is 161 Å². The first-order valence-corrected chi connectivity index (χ1v) is 10.1. The van der Waals surface area contributed by atoms with Crippen molar-refractivity contribution in [2.75, 3.05) is 0 Å². The Morgan fingerprint density at radius 1 is 1.04 bits per heavy atom. The summed E-state index contributed by atoms with van der Waals surface area (Å²) in [6.07, 6.45) is 3.45. The van der Waals surface area contributed by atoms with Crippen LogP contribution >= 0.6 is 0 Å². The molecule has 4 atom stereocenters. The van der Waals surface area contributed by atoms with Gasteiger partial charge in [-0.1, -0.05) is 75.7 Å². The number of rotatable bonds is 4. The molecule has 4 rings (SSSR count). The average molecular weight is 364 g/mol. The molecule has 1 aliphatic heterocycles. The largest absolute Gasteiger partial charge is 0.420 e. The molecule has 142 valence electrons. The minimum atomic E-state index is -1.15. The Morgan fingerprint density at radius 2 is 1.74 bits per heavy atom. The molecule has 0 spiro atoms. The summed E-state index contributed by atoms with van der Waals surface area (Å²) in [6, 6.07) is 17.5. The van der Waals surface area contributed by atoms with Crippen LogP contribution in [0.15, 0.2) is 54.6 Å². The molecule has 0 N–H and O–H groups in total. The van der Waals surface area contributed by atoms with Crippen LogP contribution in [0.3, 0.4) is 0 Å². The van der Waals surface area contributed by atoms with Gasteiger partial charge < -0.3 is 9.47 Å². The second kappa shape index (κ2) is 7.12. The van der Waals surface area contributed by atoms with E-state index in [1.54, 1.807) is 0 Å². The van der Waals surface area contributed by atoms with Gasteiger partial charge in [-0.25, -0.2) is 4.79 Å². The highest BCUT2D eigenvalue weighted by atomic mass is 16.7. The topological polar surface area (TPSA) is 35.5 Å². The first-order chi connectivity index (χ1) is 13.0. The van der Waals surface area contributed by atoms with E-state index in [4.69, 9.17) is 9.47 Å². The lowest BCUT2D eigenvalue weighted by Gasteiger charge is -2.42. The van der Waals surface area contributed by atoms with E-state index in [1.807, 2.05) is 54.6 Å². The summed E-state index contributed by atoms with van der Waals surface area (Å²) in [5.41, 5.74) is 2.30. The van der Waals surface area contributed by atoms with Gasteiger partial charge in [-0.2, -0.15) is 0 Å². The number of hydrogen-bond donors (Lipinski definition) is 0. The van der Waals surface area contributed by atoms with E-state index < -0.39 is 5.79 Å². The van der Waals surface area contributed by atoms with Gasteiger partial charge in [-0.15, -0.1) is 0 Å². The van der Waals surface area contributed by atoms with Crippen LogP contribution in [0.5, 0.6) is 0 Å². The molecule has 3 heteroatoms. The molecule has 0 radical (unpaired) electrons. The van der Waals surface area contributed by atoms with E-state index in [9.17, 15) is 4.79 Å². The Morgan fingerprint density at radius 3 is 2.48 bits per heavy atom. The number of ether oxygens (including phenoxy) is 2. The molecule has 2 aliphatic rings. The van der Waals surface area contributed by atoms with Crippen molar-refractivity contribution < 1.29 is 14.3 Å². The highest BCUT2D eigenvalue weighted by molar-refractivity contribution is 5.95. The molecule has 0 saturated heterocycles. The molecule has 1 saturated carbocycles. The Hall–Kier alpha value is -2.13. The molecule has 1 fully saturated rings. The van der Waals surface area contributed by atoms with E-state index in [2.05, 4.69) is 20.8 Å². The van der Waals surface area contributed by atoms with E-state index in [0.717, 1.165) is 24.0 Å². The first-order valence-electron chi connectivity index (χ1n) is 10.1. The number of fused-ring (bicyclic) bond motifs is 1. The van der Waals surface area contributed by atoms with Gasteiger partial charge in [0, 0.05) is 11.1 Å². The van der Waals surface area contributed by atoms with Crippen molar-refractivity contribution in [3.8, 4) is 0 Å². The third kappa shape index (κ3) is 3.19. The van der Waals surface area contributed by atoms with Gasteiger partial charge in [-0.3, -0.25) is 0 Å². The molecular weight excluding hydrogens is 336 g/mol. The van der Waals surface area contributed by atoms with Crippen LogP contribution in [-0.4, -0.2) is 12.1 Å². The van der Waals surface area contributed by atoms with E-state index in [0.29, 0.717) is 23.3 Å². The van der Waals surface area contributed by atoms with Crippen LogP contribution in [0, 0.1) is 17.8 Å². The number of benzene rings is 2. The molecule has 0 aromatic heterocycles. The summed E-state index contributed by atoms with van der Waals surface area (Å²) in [5.74, 6) is 0.157. The summed E-state index contributed by atoms with van der Waals surface area (Å²) in [7, 11) is 0. The smallest absolute Gasteiger partial charge is 0.341 e. The zero-order valence-electron chi connectivity index (χ0n) is 16.4. The average Bonchev–Trinajstić information content (AvgIpc) is 2.96. The lowest BCUT2D eigenvalue weighted by atomic mass is 9.75. The predicted octanol–water partition coefficient (Wildman–Crippen LogP) is 5.54. The fraction of sp³-hybridized carbons (Fsp3) is 0.458. The Balaban J connectivity index is 1.80. The molecule has 0 amide bonds. The van der Waals surface area contributed by atoms with Crippen molar-refractivity contribution in [3.63, 3.8) is 0 Å². The number of cyclic esters (lactones) is 1. The van der Waals surface area contributed by atoms with E-state index in [1.165, 1.54) is 6.42 Å². The van der Waals surface area contributed by atoms with Crippen molar-refractivity contribution >= 4 is 5.97 Å². The predicted molar refractivity (Wildman–Crippen MR) is 105 cm³/mol. The van der Waals surface area contributed by atoms with Crippen LogP contribution in [0.1, 0.15) is 61.5 Å². The van der Waals surface area contributed by atoms with Crippen molar-refractivity contribution in [1.29, 1.82) is 0 Å². The van der Waals surface area contributed by atoms with Crippen molar-refractivity contribution in [2.24, 2.45) is 17.8 Å². The second-order valence-corrected chi connectivity index (χ2v) is 8.40. The second-order valence-electron chi connectivity index (χ2n) is 8.40. The number of carbonyl (C=O) groups excluding carboxylic acids is 1. The van der Waals surface area contributed by atoms with Gasteiger partial charge in [0.05, 0.1) is 11.7 Å². The molecule has 0 bridgehead atoms. The van der Waals surface area contributed by atoms with Gasteiger partial charge in [0.1, 0.15) is 0 Å². The lowest BCUT2D eigenvalue weighted by Crippen LogP contribution is -2.42. The molecule has 27 heavy (non-hydrogen) atoms. The lowest BCUT2D eigenvalue weighted by molar-refractivity contribution is -0.226. The fourth-order valence-corrected chi connectivity index (χ4v) is 4.68. The Bertz CT molecular complexity index is 813. The summed E-state index contributed by atoms with van der Waals surface area (Å²) in [5, 5.41) is 0. The van der Waals surface area contributed by atoms with E-state index >= 15 is 0 Å². The zero-order chi connectivity index (χ0) is 19.0. The standard InChI is InChI=1S/C24H28O3/c1-16(2)19-14-13-17(3)15-22(19)26-24(18-9-5-4-6-10-18)21-12-8-7-11-20(21)23(25)27-24/h4-12,16-17,19,22H,13-15H2,1-3H3/t17-,19+,22+,24-/m0/s1. The van der Waals surface area contributed by atoms with Gasteiger partial charge in [0.25, 0.3) is 5.79 Å². The fourth-order valence-electron chi connectivity index (χ4n) is 4.68. The van der Waals surface area contributed by atoms with Crippen LogP contribution in [0.4, 0.5) is 0 Å². The van der Waals surface area contributed by atoms with Crippen molar-refractivity contribution in [3.05, 3.63) is 71.3 Å². The zero-order valence-corrected chi connectivity index (χ0v) is 16.4. The van der Waals surface area contributed by atoms with E-state index in [-0.39, 0.29) is 12.1 Å².